The Morgan fingerprint density at radius 3 is 1.83 bits per heavy atom. The quantitative estimate of drug-likeness (QED) is 0.721. The maximum atomic E-state index is 5.09. The highest BCUT2D eigenvalue weighted by Gasteiger charge is 1.92. The maximum Gasteiger partial charge on any atom is 0.0713 e. The summed E-state index contributed by atoms with van der Waals surface area (Å²) in [5.41, 5.74) is 4.91. The van der Waals surface area contributed by atoms with E-state index >= 15 is 0 Å². The molecule has 0 radical (unpaired) electrons. The van der Waals surface area contributed by atoms with Gasteiger partial charge in [-0.3, -0.25) is 0 Å². The van der Waals surface area contributed by atoms with Crippen molar-refractivity contribution in [3.8, 4) is 0 Å². The van der Waals surface area contributed by atoms with E-state index < -0.39 is 0 Å². The summed E-state index contributed by atoms with van der Waals surface area (Å²) in [6.45, 7) is 2.77. The zero-order chi connectivity index (χ0) is 12.8. The van der Waals surface area contributed by atoms with Crippen LogP contribution in [0.25, 0.3) is 12.2 Å². The molecule has 0 N–H and O–H groups in total. The summed E-state index contributed by atoms with van der Waals surface area (Å²) in [5, 5.41) is 0. The SMILES string of the molecule is COCc1ccc(/C=C/c2ccc(C)cc2)cc1. The zero-order valence-electron chi connectivity index (χ0n) is 10.9. The Morgan fingerprint density at radius 2 is 1.33 bits per heavy atom. The molecule has 0 aromatic heterocycles. The molecule has 0 unspecified atom stereocenters. The lowest BCUT2D eigenvalue weighted by Crippen LogP contribution is -1.86. The third-order valence-corrected chi connectivity index (χ3v) is 2.84. The first-order valence-electron chi connectivity index (χ1n) is 6.10. The summed E-state index contributed by atoms with van der Waals surface area (Å²) in [4.78, 5) is 0. The molecular weight excluding hydrogens is 220 g/mol. The van der Waals surface area contributed by atoms with E-state index in [2.05, 4.69) is 67.6 Å². The number of benzene rings is 2. The maximum absolute atomic E-state index is 5.09. The molecule has 0 aliphatic carbocycles. The molecule has 0 fully saturated rings. The minimum absolute atomic E-state index is 0.669. The van der Waals surface area contributed by atoms with Gasteiger partial charge in [0, 0.05) is 7.11 Å². The van der Waals surface area contributed by atoms with Crippen molar-refractivity contribution >= 4 is 12.2 Å². The first kappa shape index (κ1) is 12.6. The van der Waals surface area contributed by atoms with Crippen LogP contribution in [-0.2, 0) is 11.3 Å². The van der Waals surface area contributed by atoms with Crippen molar-refractivity contribution in [3.05, 3.63) is 70.8 Å². The monoisotopic (exact) mass is 238 g/mol. The summed E-state index contributed by atoms with van der Waals surface area (Å²) in [6.07, 6.45) is 4.26. The van der Waals surface area contributed by atoms with Gasteiger partial charge < -0.3 is 4.74 Å². The summed E-state index contributed by atoms with van der Waals surface area (Å²) < 4.78 is 5.09. The molecule has 0 saturated heterocycles. The second-order valence-electron chi connectivity index (χ2n) is 4.42. The van der Waals surface area contributed by atoms with Gasteiger partial charge in [0.25, 0.3) is 0 Å². The molecule has 92 valence electrons. The first-order valence-corrected chi connectivity index (χ1v) is 6.10. The van der Waals surface area contributed by atoms with Crippen LogP contribution < -0.4 is 0 Å². The van der Waals surface area contributed by atoms with E-state index in [4.69, 9.17) is 4.74 Å². The number of methoxy groups -OCH3 is 1. The van der Waals surface area contributed by atoms with Crippen molar-refractivity contribution in [2.75, 3.05) is 7.11 Å². The fraction of sp³-hybridized carbons (Fsp3) is 0.176. The third kappa shape index (κ3) is 3.57. The van der Waals surface area contributed by atoms with Gasteiger partial charge in [-0.15, -0.1) is 0 Å². The Morgan fingerprint density at radius 1 is 0.833 bits per heavy atom. The molecule has 0 heterocycles. The highest BCUT2D eigenvalue weighted by atomic mass is 16.5. The number of hydrogen-bond donors (Lipinski definition) is 0. The highest BCUT2D eigenvalue weighted by molar-refractivity contribution is 5.69. The largest absolute Gasteiger partial charge is 0.380 e. The van der Waals surface area contributed by atoms with Crippen molar-refractivity contribution < 1.29 is 4.74 Å². The van der Waals surface area contributed by atoms with Crippen LogP contribution in [0, 0.1) is 6.92 Å². The number of ether oxygens (including phenoxy) is 1. The molecular formula is C17H18O. The van der Waals surface area contributed by atoms with E-state index in [1.54, 1.807) is 7.11 Å². The molecule has 0 saturated carbocycles. The lowest BCUT2D eigenvalue weighted by atomic mass is 10.1. The smallest absolute Gasteiger partial charge is 0.0713 e. The van der Waals surface area contributed by atoms with Crippen LogP contribution in [0.3, 0.4) is 0 Å². The molecule has 1 heteroatoms. The normalized spacial score (nSPS) is 11.0. The average molecular weight is 238 g/mol. The predicted octanol–water partition coefficient (Wildman–Crippen LogP) is 4.31. The van der Waals surface area contributed by atoms with E-state index in [9.17, 15) is 0 Å². The Bertz CT molecular complexity index is 506. The fourth-order valence-electron chi connectivity index (χ4n) is 1.76. The summed E-state index contributed by atoms with van der Waals surface area (Å²) in [6, 6.07) is 16.9. The lowest BCUT2D eigenvalue weighted by molar-refractivity contribution is 0.185. The molecule has 0 spiro atoms. The molecule has 2 rings (SSSR count). The zero-order valence-corrected chi connectivity index (χ0v) is 10.9. The van der Waals surface area contributed by atoms with E-state index in [1.807, 2.05) is 0 Å². The first-order chi connectivity index (χ1) is 8.78. The Hall–Kier alpha value is -1.86. The van der Waals surface area contributed by atoms with E-state index in [0.29, 0.717) is 6.61 Å². The topological polar surface area (TPSA) is 9.23 Å². The molecule has 0 atom stereocenters. The molecule has 0 aliphatic heterocycles. The van der Waals surface area contributed by atoms with Gasteiger partial charge in [-0.25, -0.2) is 0 Å². The van der Waals surface area contributed by atoms with Crippen molar-refractivity contribution in [2.45, 2.75) is 13.5 Å². The van der Waals surface area contributed by atoms with Crippen molar-refractivity contribution in [1.82, 2.24) is 0 Å². The number of hydrogen-bond acceptors (Lipinski definition) is 1. The fourth-order valence-corrected chi connectivity index (χ4v) is 1.76. The Kier molecular flexibility index (Phi) is 4.32. The van der Waals surface area contributed by atoms with E-state index in [0.717, 1.165) is 0 Å². The van der Waals surface area contributed by atoms with Gasteiger partial charge in [-0.1, -0.05) is 66.2 Å². The van der Waals surface area contributed by atoms with Gasteiger partial charge in [-0.2, -0.15) is 0 Å². The highest BCUT2D eigenvalue weighted by Crippen LogP contribution is 2.11. The van der Waals surface area contributed by atoms with Crippen LogP contribution in [0.2, 0.25) is 0 Å². The molecule has 18 heavy (non-hydrogen) atoms. The Balaban J connectivity index is 2.06. The molecule has 0 aliphatic rings. The summed E-state index contributed by atoms with van der Waals surface area (Å²) in [5.74, 6) is 0. The molecule has 2 aromatic rings. The second kappa shape index (κ2) is 6.18. The average Bonchev–Trinajstić information content (AvgIpc) is 2.40. The summed E-state index contributed by atoms with van der Waals surface area (Å²) >= 11 is 0. The molecule has 2 aromatic carbocycles. The van der Waals surface area contributed by atoms with Gasteiger partial charge in [-0.05, 0) is 23.6 Å². The van der Waals surface area contributed by atoms with Crippen LogP contribution >= 0.6 is 0 Å². The standard InChI is InChI=1S/C17H18O/c1-14-3-5-15(6-4-14)7-8-16-9-11-17(12-10-16)13-18-2/h3-12H,13H2,1-2H3/b8-7+. The third-order valence-electron chi connectivity index (χ3n) is 2.84. The second-order valence-corrected chi connectivity index (χ2v) is 4.42. The van der Waals surface area contributed by atoms with Crippen molar-refractivity contribution in [3.63, 3.8) is 0 Å². The van der Waals surface area contributed by atoms with Crippen LogP contribution in [0.5, 0.6) is 0 Å². The van der Waals surface area contributed by atoms with Crippen molar-refractivity contribution in [2.24, 2.45) is 0 Å². The van der Waals surface area contributed by atoms with Crippen LogP contribution in [0.4, 0.5) is 0 Å². The Labute approximate surface area is 109 Å². The van der Waals surface area contributed by atoms with E-state index in [-0.39, 0.29) is 0 Å². The van der Waals surface area contributed by atoms with Gasteiger partial charge in [0.2, 0.25) is 0 Å². The molecule has 0 amide bonds. The van der Waals surface area contributed by atoms with Crippen molar-refractivity contribution in [1.29, 1.82) is 0 Å². The lowest BCUT2D eigenvalue weighted by Gasteiger charge is -2.00. The minimum Gasteiger partial charge on any atom is -0.380 e. The van der Waals surface area contributed by atoms with Crippen LogP contribution in [0.1, 0.15) is 22.3 Å². The minimum atomic E-state index is 0.669. The van der Waals surface area contributed by atoms with Gasteiger partial charge in [0.15, 0.2) is 0 Å². The van der Waals surface area contributed by atoms with Crippen LogP contribution in [0.15, 0.2) is 48.5 Å². The number of aryl methyl sites for hydroxylation is 1. The van der Waals surface area contributed by atoms with Crippen LogP contribution in [-0.4, -0.2) is 7.11 Å². The number of rotatable bonds is 4. The molecule has 1 nitrogen and oxygen atoms in total. The predicted molar refractivity (Wildman–Crippen MR) is 77.3 cm³/mol. The van der Waals surface area contributed by atoms with E-state index in [1.165, 1.54) is 22.3 Å². The van der Waals surface area contributed by atoms with Gasteiger partial charge in [0.05, 0.1) is 6.61 Å². The van der Waals surface area contributed by atoms with Gasteiger partial charge >= 0.3 is 0 Å². The van der Waals surface area contributed by atoms with Gasteiger partial charge in [0.1, 0.15) is 0 Å². The summed E-state index contributed by atoms with van der Waals surface area (Å²) in [7, 11) is 1.71. The molecule has 0 bridgehead atoms.